The van der Waals surface area contributed by atoms with Crippen LogP contribution in [0, 0.1) is 11.8 Å². The molecule has 0 saturated heterocycles. The molecule has 0 fully saturated rings. The van der Waals surface area contributed by atoms with Crippen molar-refractivity contribution < 1.29 is 14.3 Å². The number of aliphatic hydroxyl groups excluding tert-OH is 1. The molecule has 0 heterocycles. The Labute approximate surface area is 187 Å². The van der Waals surface area contributed by atoms with E-state index in [-0.39, 0.29) is 23.2 Å². The molecule has 3 nitrogen and oxygen atoms in total. The molecule has 1 aromatic rings. The standard InChI is InChI=1S/C26H46O3Si/c1-20(2)17-24(27)16-15-21(3)25(29-30(8,9)26(5,6)7)22(4)18-28-19-23-13-11-10-12-14-23/h10-14,21-22,24-25,27H,1,15-19H2,2-9H3/t21-,22-,24+,25+/m1/s1. The number of aliphatic hydroxyl groups is 1. The van der Waals surface area contributed by atoms with E-state index in [1.165, 1.54) is 5.56 Å². The number of ether oxygens (including phenoxy) is 1. The maximum absolute atomic E-state index is 10.3. The first-order chi connectivity index (χ1) is 13.8. The summed E-state index contributed by atoms with van der Waals surface area (Å²) in [5, 5.41) is 10.5. The molecule has 0 spiro atoms. The largest absolute Gasteiger partial charge is 0.413 e. The van der Waals surface area contributed by atoms with Crippen molar-refractivity contribution in [2.45, 2.75) is 97.8 Å². The number of hydrogen-bond acceptors (Lipinski definition) is 3. The Hall–Kier alpha value is -0.943. The molecule has 0 radical (unpaired) electrons. The molecule has 172 valence electrons. The first-order valence-corrected chi connectivity index (χ1v) is 14.4. The fourth-order valence-corrected chi connectivity index (χ4v) is 4.96. The van der Waals surface area contributed by atoms with Crippen molar-refractivity contribution in [3.05, 3.63) is 48.0 Å². The van der Waals surface area contributed by atoms with Gasteiger partial charge in [0.1, 0.15) is 0 Å². The third-order valence-electron chi connectivity index (χ3n) is 6.39. The van der Waals surface area contributed by atoms with Crippen LogP contribution in [0.1, 0.15) is 66.4 Å². The Morgan fingerprint density at radius 3 is 2.20 bits per heavy atom. The molecule has 0 bridgehead atoms. The van der Waals surface area contributed by atoms with E-state index in [4.69, 9.17) is 9.16 Å². The first-order valence-electron chi connectivity index (χ1n) is 11.5. The summed E-state index contributed by atoms with van der Waals surface area (Å²) in [7, 11) is -1.91. The van der Waals surface area contributed by atoms with Gasteiger partial charge in [-0.1, -0.05) is 70.5 Å². The van der Waals surface area contributed by atoms with E-state index >= 15 is 0 Å². The minimum atomic E-state index is -1.91. The summed E-state index contributed by atoms with van der Waals surface area (Å²) < 4.78 is 13.0. The monoisotopic (exact) mass is 434 g/mol. The van der Waals surface area contributed by atoms with Crippen LogP contribution in [0.3, 0.4) is 0 Å². The predicted molar refractivity (Wildman–Crippen MR) is 131 cm³/mol. The van der Waals surface area contributed by atoms with E-state index in [2.05, 4.69) is 66.4 Å². The van der Waals surface area contributed by atoms with Crippen molar-refractivity contribution in [1.29, 1.82) is 0 Å². The third kappa shape index (κ3) is 9.46. The maximum Gasteiger partial charge on any atom is 0.192 e. The summed E-state index contributed by atoms with van der Waals surface area (Å²) in [5.41, 5.74) is 2.23. The second-order valence-electron chi connectivity index (χ2n) is 10.7. The van der Waals surface area contributed by atoms with Gasteiger partial charge in [-0.25, -0.2) is 0 Å². The maximum atomic E-state index is 10.3. The Balaban J connectivity index is 2.78. The van der Waals surface area contributed by atoms with Gasteiger partial charge in [-0.15, -0.1) is 6.58 Å². The van der Waals surface area contributed by atoms with Gasteiger partial charge in [-0.05, 0) is 55.8 Å². The van der Waals surface area contributed by atoms with Gasteiger partial charge >= 0.3 is 0 Å². The molecule has 4 atom stereocenters. The molecule has 0 amide bonds. The quantitative estimate of drug-likeness (QED) is 0.269. The van der Waals surface area contributed by atoms with E-state index in [0.717, 1.165) is 18.4 Å². The van der Waals surface area contributed by atoms with Crippen molar-refractivity contribution >= 4 is 8.32 Å². The summed E-state index contributed by atoms with van der Waals surface area (Å²) in [5.74, 6) is 0.644. The summed E-state index contributed by atoms with van der Waals surface area (Å²) in [6.45, 7) is 23.2. The third-order valence-corrected chi connectivity index (χ3v) is 10.9. The van der Waals surface area contributed by atoms with Crippen molar-refractivity contribution in [3.63, 3.8) is 0 Å². The van der Waals surface area contributed by atoms with Crippen LogP contribution in [0.4, 0.5) is 0 Å². The predicted octanol–water partition coefficient (Wildman–Crippen LogP) is 6.97. The molecule has 0 aliphatic heterocycles. The van der Waals surface area contributed by atoms with Crippen molar-refractivity contribution in [3.8, 4) is 0 Å². The van der Waals surface area contributed by atoms with Gasteiger partial charge in [-0.3, -0.25) is 0 Å². The lowest BCUT2D eigenvalue weighted by molar-refractivity contribution is 0.00585. The molecule has 0 aliphatic rings. The molecule has 30 heavy (non-hydrogen) atoms. The number of benzene rings is 1. The Kier molecular flexibility index (Phi) is 11.0. The van der Waals surface area contributed by atoms with Crippen LogP contribution in [-0.2, 0) is 15.8 Å². The minimum absolute atomic E-state index is 0.124. The van der Waals surface area contributed by atoms with Crippen LogP contribution in [0.15, 0.2) is 42.5 Å². The van der Waals surface area contributed by atoms with Gasteiger partial charge in [0.15, 0.2) is 8.32 Å². The first kappa shape index (κ1) is 27.1. The van der Waals surface area contributed by atoms with Crippen LogP contribution in [0.2, 0.25) is 18.1 Å². The summed E-state index contributed by atoms with van der Waals surface area (Å²) in [6, 6.07) is 10.3. The second kappa shape index (κ2) is 12.2. The average Bonchev–Trinajstić information content (AvgIpc) is 2.63. The summed E-state index contributed by atoms with van der Waals surface area (Å²) in [6.07, 6.45) is 2.21. The zero-order valence-corrected chi connectivity index (χ0v) is 21.7. The van der Waals surface area contributed by atoms with E-state index in [9.17, 15) is 5.11 Å². The van der Waals surface area contributed by atoms with Crippen LogP contribution >= 0.6 is 0 Å². The summed E-state index contributed by atoms with van der Waals surface area (Å²) >= 11 is 0. The van der Waals surface area contributed by atoms with E-state index in [1.807, 2.05) is 25.1 Å². The van der Waals surface area contributed by atoms with Crippen molar-refractivity contribution in [2.75, 3.05) is 6.61 Å². The van der Waals surface area contributed by atoms with Crippen LogP contribution < -0.4 is 0 Å². The highest BCUT2D eigenvalue weighted by Crippen LogP contribution is 2.39. The Morgan fingerprint density at radius 1 is 1.07 bits per heavy atom. The van der Waals surface area contributed by atoms with Crippen LogP contribution in [0.5, 0.6) is 0 Å². The van der Waals surface area contributed by atoms with Gasteiger partial charge in [0.25, 0.3) is 0 Å². The fourth-order valence-electron chi connectivity index (χ4n) is 3.47. The zero-order valence-electron chi connectivity index (χ0n) is 20.7. The van der Waals surface area contributed by atoms with Gasteiger partial charge in [0.05, 0.1) is 25.4 Å². The SMILES string of the molecule is C=C(C)C[C@@H](O)CC[C@@H](C)[C@H](O[Si](C)(C)C(C)(C)C)[C@H](C)COCc1ccccc1. The Bertz CT molecular complexity index is 621. The molecular weight excluding hydrogens is 388 g/mol. The number of hydrogen-bond donors (Lipinski definition) is 1. The van der Waals surface area contributed by atoms with Crippen LogP contribution in [-0.4, -0.2) is 32.2 Å². The lowest BCUT2D eigenvalue weighted by Gasteiger charge is -2.43. The second-order valence-corrected chi connectivity index (χ2v) is 15.4. The molecule has 1 N–H and O–H groups in total. The lowest BCUT2D eigenvalue weighted by atomic mass is 9.89. The smallest absolute Gasteiger partial charge is 0.192 e. The molecule has 4 heteroatoms. The van der Waals surface area contributed by atoms with E-state index in [1.54, 1.807) is 0 Å². The topological polar surface area (TPSA) is 38.7 Å². The van der Waals surface area contributed by atoms with Crippen molar-refractivity contribution in [2.24, 2.45) is 11.8 Å². The number of rotatable bonds is 13. The lowest BCUT2D eigenvalue weighted by Crippen LogP contribution is -2.48. The molecule has 0 aliphatic carbocycles. The Morgan fingerprint density at radius 2 is 1.67 bits per heavy atom. The van der Waals surface area contributed by atoms with Gasteiger partial charge in [0.2, 0.25) is 0 Å². The van der Waals surface area contributed by atoms with Gasteiger partial charge in [-0.2, -0.15) is 0 Å². The molecule has 0 aromatic heterocycles. The highest BCUT2D eigenvalue weighted by atomic mass is 28.4. The van der Waals surface area contributed by atoms with E-state index < -0.39 is 8.32 Å². The van der Waals surface area contributed by atoms with Crippen LogP contribution in [0.25, 0.3) is 0 Å². The molecule has 0 unspecified atom stereocenters. The minimum Gasteiger partial charge on any atom is -0.413 e. The van der Waals surface area contributed by atoms with Crippen molar-refractivity contribution in [1.82, 2.24) is 0 Å². The highest BCUT2D eigenvalue weighted by molar-refractivity contribution is 6.74. The summed E-state index contributed by atoms with van der Waals surface area (Å²) in [4.78, 5) is 0. The highest BCUT2D eigenvalue weighted by Gasteiger charge is 2.41. The van der Waals surface area contributed by atoms with E-state index in [0.29, 0.717) is 25.6 Å². The van der Waals surface area contributed by atoms with Gasteiger partial charge < -0.3 is 14.3 Å². The normalized spacial score (nSPS) is 16.7. The molecule has 1 rings (SSSR count). The average molecular weight is 435 g/mol. The zero-order chi connectivity index (χ0) is 22.9. The molecule has 1 aromatic carbocycles. The van der Waals surface area contributed by atoms with Gasteiger partial charge in [0, 0.05) is 5.92 Å². The molecular formula is C26H46O3Si. The molecule has 0 saturated carbocycles. The fraction of sp³-hybridized carbons (Fsp3) is 0.692.